The van der Waals surface area contributed by atoms with E-state index in [4.69, 9.17) is 0 Å². The van der Waals surface area contributed by atoms with Gasteiger partial charge in [-0.25, -0.2) is 0 Å². The largest absolute Gasteiger partial charge is 0.391 e. The maximum Gasteiger partial charge on any atom is 0.391 e. The lowest BCUT2D eigenvalue weighted by Gasteiger charge is -2.29. The minimum Gasteiger partial charge on any atom is -0.299 e. The Balaban J connectivity index is 1.93. The third-order valence-corrected chi connectivity index (χ3v) is 4.29. The van der Waals surface area contributed by atoms with Crippen molar-refractivity contribution in [1.29, 1.82) is 0 Å². The first-order chi connectivity index (χ1) is 9.81. The van der Waals surface area contributed by atoms with E-state index in [2.05, 4.69) is 5.10 Å². The SMILES string of the molecule is CCn1nc(C)cc1CC(=O)C1CCC(C(F)(F)F)CC1. The van der Waals surface area contributed by atoms with Gasteiger partial charge in [0.1, 0.15) is 5.78 Å². The van der Waals surface area contributed by atoms with Crippen LogP contribution in [0, 0.1) is 18.8 Å². The van der Waals surface area contributed by atoms with Crippen molar-refractivity contribution in [3.05, 3.63) is 17.5 Å². The van der Waals surface area contributed by atoms with Gasteiger partial charge in [-0.05, 0) is 45.6 Å². The van der Waals surface area contributed by atoms with Crippen molar-refractivity contribution in [2.45, 2.75) is 58.7 Å². The van der Waals surface area contributed by atoms with Crippen LogP contribution >= 0.6 is 0 Å². The molecule has 1 aliphatic carbocycles. The molecule has 1 heterocycles. The molecule has 0 N–H and O–H groups in total. The number of aryl methyl sites for hydroxylation is 2. The second kappa shape index (κ2) is 6.20. The molecule has 6 heteroatoms. The number of Topliss-reactive ketones (excluding diaryl/α,β-unsaturated/α-hetero) is 1. The van der Waals surface area contributed by atoms with Crippen molar-refractivity contribution in [2.75, 3.05) is 0 Å². The van der Waals surface area contributed by atoms with Crippen LogP contribution in [0.5, 0.6) is 0 Å². The summed E-state index contributed by atoms with van der Waals surface area (Å²) in [6.07, 6.45) is -3.00. The van der Waals surface area contributed by atoms with Crippen LogP contribution in [0.15, 0.2) is 6.07 Å². The minimum absolute atomic E-state index is 0.0465. The highest BCUT2D eigenvalue weighted by Crippen LogP contribution is 2.39. The zero-order chi connectivity index (χ0) is 15.6. The summed E-state index contributed by atoms with van der Waals surface area (Å²) in [5.74, 6) is -1.42. The molecule has 0 unspecified atom stereocenters. The van der Waals surface area contributed by atoms with Gasteiger partial charge in [0, 0.05) is 24.6 Å². The highest BCUT2D eigenvalue weighted by Gasteiger charge is 2.42. The molecule has 1 fully saturated rings. The summed E-state index contributed by atoms with van der Waals surface area (Å²) in [6, 6.07) is 1.88. The number of hydrogen-bond acceptors (Lipinski definition) is 2. The van der Waals surface area contributed by atoms with E-state index in [0.717, 1.165) is 11.4 Å². The molecule has 2 rings (SSSR count). The molecule has 1 aromatic rings. The van der Waals surface area contributed by atoms with Crippen LogP contribution < -0.4 is 0 Å². The van der Waals surface area contributed by atoms with E-state index >= 15 is 0 Å². The Hall–Kier alpha value is -1.33. The number of alkyl halides is 3. The molecule has 118 valence electrons. The molecule has 21 heavy (non-hydrogen) atoms. The molecule has 1 saturated carbocycles. The molecule has 1 aromatic heterocycles. The molecule has 1 aliphatic rings. The Morgan fingerprint density at radius 1 is 1.33 bits per heavy atom. The zero-order valence-corrected chi connectivity index (χ0v) is 12.4. The van der Waals surface area contributed by atoms with Crippen molar-refractivity contribution in [3.63, 3.8) is 0 Å². The van der Waals surface area contributed by atoms with Gasteiger partial charge < -0.3 is 0 Å². The third-order valence-electron chi connectivity index (χ3n) is 4.29. The van der Waals surface area contributed by atoms with Crippen molar-refractivity contribution in [3.8, 4) is 0 Å². The molecule has 0 radical (unpaired) electrons. The Bertz CT molecular complexity index is 500. The van der Waals surface area contributed by atoms with Crippen molar-refractivity contribution < 1.29 is 18.0 Å². The first-order valence-corrected chi connectivity index (χ1v) is 7.44. The van der Waals surface area contributed by atoms with E-state index in [1.165, 1.54) is 0 Å². The van der Waals surface area contributed by atoms with Gasteiger partial charge in [-0.15, -0.1) is 0 Å². The lowest BCUT2D eigenvalue weighted by molar-refractivity contribution is -0.184. The van der Waals surface area contributed by atoms with Crippen molar-refractivity contribution in [2.24, 2.45) is 11.8 Å². The minimum atomic E-state index is -4.12. The third kappa shape index (κ3) is 3.86. The number of carbonyl (C=O) groups is 1. The topological polar surface area (TPSA) is 34.9 Å². The van der Waals surface area contributed by atoms with Crippen molar-refractivity contribution >= 4 is 5.78 Å². The Morgan fingerprint density at radius 2 is 1.95 bits per heavy atom. The number of rotatable bonds is 4. The number of aromatic nitrogens is 2. The zero-order valence-electron chi connectivity index (χ0n) is 12.4. The standard InChI is InChI=1S/C15H21F3N2O/c1-3-20-13(8-10(2)19-20)9-14(21)11-4-6-12(7-5-11)15(16,17)18/h8,11-12H,3-7,9H2,1-2H3. The predicted molar refractivity (Wildman–Crippen MR) is 72.9 cm³/mol. The summed E-state index contributed by atoms with van der Waals surface area (Å²) in [5.41, 5.74) is 1.72. The van der Waals surface area contributed by atoms with Crippen LogP contribution in [0.2, 0.25) is 0 Å². The van der Waals surface area contributed by atoms with Gasteiger partial charge in [-0.1, -0.05) is 0 Å². The average molecular weight is 302 g/mol. The van der Waals surface area contributed by atoms with E-state index in [1.807, 2.05) is 19.9 Å². The Labute approximate surface area is 122 Å². The van der Waals surface area contributed by atoms with E-state index in [9.17, 15) is 18.0 Å². The van der Waals surface area contributed by atoms with Gasteiger partial charge in [-0.3, -0.25) is 9.48 Å². The van der Waals surface area contributed by atoms with Gasteiger partial charge in [-0.2, -0.15) is 18.3 Å². The molecule has 0 aliphatic heterocycles. The summed E-state index contributed by atoms with van der Waals surface area (Å²) in [6.45, 7) is 4.51. The number of halogens is 3. The first-order valence-electron chi connectivity index (χ1n) is 7.44. The fourth-order valence-corrected chi connectivity index (χ4v) is 3.08. The second-order valence-electron chi connectivity index (χ2n) is 5.83. The van der Waals surface area contributed by atoms with E-state index in [-0.39, 0.29) is 31.0 Å². The predicted octanol–water partition coefficient (Wildman–Crippen LogP) is 3.69. The second-order valence-corrected chi connectivity index (χ2v) is 5.83. The lowest BCUT2D eigenvalue weighted by atomic mass is 9.79. The van der Waals surface area contributed by atoms with E-state index in [0.29, 0.717) is 19.4 Å². The number of ketones is 1. The molecular weight excluding hydrogens is 281 g/mol. The maximum absolute atomic E-state index is 12.6. The van der Waals surface area contributed by atoms with Crippen LogP contribution in [0.1, 0.15) is 44.0 Å². The van der Waals surface area contributed by atoms with Crippen LogP contribution in [-0.4, -0.2) is 21.7 Å². The highest BCUT2D eigenvalue weighted by atomic mass is 19.4. The van der Waals surface area contributed by atoms with E-state index in [1.54, 1.807) is 4.68 Å². The van der Waals surface area contributed by atoms with Gasteiger partial charge in [0.05, 0.1) is 11.6 Å². The summed E-state index contributed by atoms with van der Waals surface area (Å²) in [5, 5.41) is 4.29. The summed E-state index contributed by atoms with van der Waals surface area (Å²) in [7, 11) is 0. The molecule has 3 nitrogen and oxygen atoms in total. The summed E-state index contributed by atoms with van der Waals surface area (Å²) in [4.78, 5) is 12.3. The molecule has 0 aromatic carbocycles. The molecule has 0 spiro atoms. The molecule has 0 saturated heterocycles. The van der Waals surface area contributed by atoms with Crippen molar-refractivity contribution in [1.82, 2.24) is 9.78 Å². The van der Waals surface area contributed by atoms with Gasteiger partial charge >= 0.3 is 6.18 Å². The molecule has 0 amide bonds. The maximum atomic E-state index is 12.6. The molecular formula is C15H21F3N2O. The monoisotopic (exact) mass is 302 g/mol. The quantitative estimate of drug-likeness (QED) is 0.850. The van der Waals surface area contributed by atoms with Gasteiger partial charge in [0.15, 0.2) is 0 Å². The highest BCUT2D eigenvalue weighted by molar-refractivity contribution is 5.83. The van der Waals surface area contributed by atoms with Crippen LogP contribution in [-0.2, 0) is 17.8 Å². The summed E-state index contributed by atoms with van der Waals surface area (Å²) < 4.78 is 39.7. The smallest absolute Gasteiger partial charge is 0.299 e. The average Bonchev–Trinajstić information content (AvgIpc) is 2.78. The Kier molecular flexibility index (Phi) is 4.74. The normalized spacial score (nSPS) is 23.3. The fraction of sp³-hybridized carbons (Fsp3) is 0.733. The first kappa shape index (κ1) is 16.0. The van der Waals surface area contributed by atoms with Crippen LogP contribution in [0.25, 0.3) is 0 Å². The number of hydrogen-bond donors (Lipinski definition) is 0. The molecule has 0 bridgehead atoms. The molecule has 0 atom stereocenters. The van der Waals surface area contributed by atoms with Crippen LogP contribution in [0.3, 0.4) is 0 Å². The number of carbonyl (C=O) groups excluding carboxylic acids is 1. The fourth-order valence-electron chi connectivity index (χ4n) is 3.08. The lowest BCUT2D eigenvalue weighted by Crippen LogP contribution is -2.31. The van der Waals surface area contributed by atoms with Gasteiger partial charge in [0.2, 0.25) is 0 Å². The Morgan fingerprint density at radius 3 is 2.48 bits per heavy atom. The number of nitrogens with zero attached hydrogens (tertiary/aromatic N) is 2. The van der Waals surface area contributed by atoms with Crippen LogP contribution in [0.4, 0.5) is 13.2 Å². The van der Waals surface area contributed by atoms with E-state index < -0.39 is 12.1 Å². The van der Waals surface area contributed by atoms with Gasteiger partial charge in [0.25, 0.3) is 0 Å². The summed E-state index contributed by atoms with van der Waals surface area (Å²) >= 11 is 0.